The highest BCUT2D eigenvalue weighted by Gasteiger charge is 2.31. The Bertz CT molecular complexity index is 778. The second-order valence-corrected chi connectivity index (χ2v) is 6.53. The van der Waals surface area contributed by atoms with E-state index in [1.807, 2.05) is 6.07 Å². The zero-order valence-corrected chi connectivity index (χ0v) is 13.6. The number of halogens is 3. The number of amides is 2. The molecule has 0 bridgehead atoms. The minimum atomic E-state index is -4.79. The molecule has 2 amide bonds. The number of hydrogen-bond donors (Lipinski definition) is 2. The topological polar surface area (TPSA) is 67.4 Å². The molecule has 1 aliphatic carbocycles. The molecule has 9 heteroatoms. The lowest BCUT2D eigenvalue weighted by molar-refractivity contribution is -0.274. The second-order valence-electron chi connectivity index (χ2n) is 5.39. The molecule has 0 fully saturated rings. The number of ether oxygens (including phenoxy) is 1. The van der Waals surface area contributed by atoms with Gasteiger partial charge in [-0.15, -0.1) is 24.5 Å². The van der Waals surface area contributed by atoms with E-state index in [9.17, 15) is 22.8 Å². The zero-order valence-electron chi connectivity index (χ0n) is 12.8. The van der Waals surface area contributed by atoms with Crippen LogP contribution in [0.1, 0.15) is 36.9 Å². The number of aryl methyl sites for hydroxylation is 2. The van der Waals surface area contributed by atoms with Gasteiger partial charge in [-0.2, -0.15) is 0 Å². The molecule has 1 heterocycles. The fraction of sp³-hybridized carbons (Fsp3) is 0.250. The van der Waals surface area contributed by atoms with Gasteiger partial charge in [0, 0.05) is 10.4 Å². The van der Waals surface area contributed by atoms with E-state index in [1.54, 1.807) is 0 Å². The Morgan fingerprint density at radius 1 is 1.04 bits per heavy atom. The van der Waals surface area contributed by atoms with Crippen LogP contribution in [0.3, 0.4) is 0 Å². The molecule has 1 aromatic heterocycles. The summed E-state index contributed by atoms with van der Waals surface area (Å²) in [6, 6.07) is 6.20. The quantitative estimate of drug-likeness (QED) is 0.816. The smallest absolute Gasteiger partial charge is 0.406 e. The molecule has 3 rings (SSSR count). The third kappa shape index (κ3) is 4.30. The van der Waals surface area contributed by atoms with Gasteiger partial charge >= 0.3 is 6.36 Å². The summed E-state index contributed by atoms with van der Waals surface area (Å²) in [5, 5.41) is 0. The molecular weight excluding hydrogens is 357 g/mol. The van der Waals surface area contributed by atoms with Crippen LogP contribution >= 0.6 is 11.3 Å². The van der Waals surface area contributed by atoms with Crippen LogP contribution in [0, 0.1) is 0 Å². The molecule has 0 spiro atoms. The number of carbonyl (C=O) groups excluding carboxylic acids is 2. The third-order valence-electron chi connectivity index (χ3n) is 3.61. The lowest BCUT2D eigenvalue weighted by Gasteiger charge is -2.09. The van der Waals surface area contributed by atoms with E-state index in [2.05, 4.69) is 15.6 Å². The van der Waals surface area contributed by atoms with Crippen molar-refractivity contribution in [1.29, 1.82) is 0 Å². The van der Waals surface area contributed by atoms with Crippen LogP contribution in [-0.4, -0.2) is 18.2 Å². The predicted molar refractivity (Wildman–Crippen MR) is 84.4 cm³/mol. The van der Waals surface area contributed by atoms with Gasteiger partial charge in [0.15, 0.2) is 0 Å². The highest BCUT2D eigenvalue weighted by atomic mass is 32.1. The van der Waals surface area contributed by atoms with Crippen molar-refractivity contribution in [2.24, 2.45) is 0 Å². The number of fused-ring (bicyclic) bond motifs is 1. The largest absolute Gasteiger partial charge is 0.573 e. The highest BCUT2D eigenvalue weighted by Crippen LogP contribution is 2.30. The number of nitrogens with one attached hydrogen (secondary N) is 2. The van der Waals surface area contributed by atoms with Crippen LogP contribution in [0.5, 0.6) is 5.75 Å². The van der Waals surface area contributed by atoms with Gasteiger partial charge in [-0.05, 0) is 55.2 Å². The molecule has 0 atom stereocenters. The van der Waals surface area contributed by atoms with E-state index in [0.717, 1.165) is 31.4 Å². The normalized spacial score (nSPS) is 13.2. The number of hydrazine groups is 1. The summed E-state index contributed by atoms with van der Waals surface area (Å²) in [7, 11) is 0. The van der Waals surface area contributed by atoms with E-state index < -0.39 is 23.9 Å². The molecule has 1 aliphatic rings. The van der Waals surface area contributed by atoms with Gasteiger partial charge in [0.25, 0.3) is 11.8 Å². The standard InChI is InChI=1S/C16H13F3N2O3S/c17-16(18,19)24-11-6-4-9(5-7-11)14(22)20-21-15(23)13-8-10-2-1-3-12(10)25-13/h4-8H,1-3H2,(H,20,22)(H,21,23). The summed E-state index contributed by atoms with van der Waals surface area (Å²) in [5.41, 5.74) is 5.79. The second kappa shape index (κ2) is 6.75. The van der Waals surface area contributed by atoms with Gasteiger partial charge in [0.2, 0.25) is 0 Å². The molecule has 5 nitrogen and oxygen atoms in total. The molecule has 0 unspecified atom stereocenters. The van der Waals surface area contributed by atoms with Crippen LogP contribution in [0.15, 0.2) is 30.3 Å². The van der Waals surface area contributed by atoms with E-state index in [0.29, 0.717) is 4.88 Å². The Labute approximate surface area is 144 Å². The average molecular weight is 370 g/mol. The predicted octanol–water partition coefficient (Wildman–Crippen LogP) is 3.21. The van der Waals surface area contributed by atoms with Crippen molar-refractivity contribution >= 4 is 23.2 Å². The van der Waals surface area contributed by atoms with Crippen LogP contribution in [0.2, 0.25) is 0 Å². The SMILES string of the molecule is O=C(NNC(=O)c1cc2c(s1)CCC2)c1ccc(OC(F)(F)F)cc1. The molecule has 0 aliphatic heterocycles. The third-order valence-corrected chi connectivity index (χ3v) is 4.85. The summed E-state index contributed by atoms with van der Waals surface area (Å²) < 4.78 is 40.0. The minimum Gasteiger partial charge on any atom is -0.406 e. The highest BCUT2D eigenvalue weighted by molar-refractivity contribution is 7.14. The summed E-state index contributed by atoms with van der Waals surface area (Å²) in [4.78, 5) is 25.7. The number of hydrogen-bond acceptors (Lipinski definition) is 4. The van der Waals surface area contributed by atoms with Gasteiger partial charge in [-0.1, -0.05) is 0 Å². The number of thiophene rings is 1. The Morgan fingerprint density at radius 2 is 1.72 bits per heavy atom. The van der Waals surface area contributed by atoms with E-state index >= 15 is 0 Å². The first-order chi connectivity index (χ1) is 11.8. The number of carbonyl (C=O) groups is 2. The Morgan fingerprint density at radius 3 is 2.36 bits per heavy atom. The lowest BCUT2D eigenvalue weighted by Crippen LogP contribution is -2.41. The maximum atomic E-state index is 12.1. The van der Waals surface area contributed by atoms with Gasteiger partial charge in [-0.3, -0.25) is 20.4 Å². The van der Waals surface area contributed by atoms with Crippen LogP contribution < -0.4 is 15.6 Å². The summed E-state index contributed by atoms with van der Waals surface area (Å²) in [5.74, 6) is -1.50. The average Bonchev–Trinajstić information content (AvgIpc) is 3.13. The Hall–Kier alpha value is -2.55. The van der Waals surface area contributed by atoms with Crippen molar-refractivity contribution in [2.45, 2.75) is 25.6 Å². The number of rotatable bonds is 3. The van der Waals surface area contributed by atoms with Crippen molar-refractivity contribution in [3.05, 3.63) is 51.2 Å². The van der Waals surface area contributed by atoms with E-state index in [1.165, 1.54) is 33.9 Å². The van der Waals surface area contributed by atoms with Crippen molar-refractivity contribution in [3.8, 4) is 5.75 Å². The van der Waals surface area contributed by atoms with Crippen molar-refractivity contribution < 1.29 is 27.5 Å². The first-order valence-corrected chi connectivity index (χ1v) is 8.21. The van der Waals surface area contributed by atoms with Crippen molar-refractivity contribution in [3.63, 3.8) is 0 Å². The maximum Gasteiger partial charge on any atom is 0.573 e. The summed E-state index contributed by atoms with van der Waals surface area (Å²) >= 11 is 1.40. The monoisotopic (exact) mass is 370 g/mol. The summed E-state index contributed by atoms with van der Waals surface area (Å²) in [6.07, 6.45) is -1.78. The zero-order chi connectivity index (χ0) is 18.0. The fourth-order valence-electron chi connectivity index (χ4n) is 2.50. The molecule has 132 valence electrons. The molecular formula is C16H13F3N2O3S. The van der Waals surface area contributed by atoms with Gasteiger partial charge in [0.1, 0.15) is 5.75 Å². The van der Waals surface area contributed by atoms with Crippen molar-refractivity contribution in [2.75, 3.05) is 0 Å². The molecule has 0 saturated carbocycles. The molecule has 0 saturated heterocycles. The number of benzene rings is 1. The molecule has 1 aromatic carbocycles. The minimum absolute atomic E-state index is 0.0866. The van der Waals surface area contributed by atoms with Crippen LogP contribution in [0.4, 0.5) is 13.2 Å². The fourth-order valence-corrected chi connectivity index (χ4v) is 3.65. The molecule has 2 N–H and O–H groups in total. The Balaban J connectivity index is 1.55. The molecule has 25 heavy (non-hydrogen) atoms. The molecule has 2 aromatic rings. The van der Waals surface area contributed by atoms with E-state index in [4.69, 9.17) is 0 Å². The van der Waals surface area contributed by atoms with Gasteiger partial charge in [0.05, 0.1) is 4.88 Å². The van der Waals surface area contributed by atoms with Crippen LogP contribution in [0.25, 0.3) is 0 Å². The van der Waals surface area contributed by atoms with E-state index in [-0.39, 0.29) is 5.56 Å². The summed E-state index contributed by atoms with van der Waals surface area (Å²) in [6.45, 7) is 0. The van der Waals surface area contributed by atoms with Crippen LogP contribution in [-0.2, 0) is 12.8 Å². The van der Waals surface area contributed by atoms with Crippen molar-refractivity contribution in [1.82, 2.24) is 10.9 Å². The number of alkyl halides is 3. The lowest BCUT2D eigenvalue weighted by atomic mass is 10.2. The van der Waals surface area contributed by atoms with Gasteiger partial charge in [-0.25, -0.2) is 0 Å². The molecule has 0 radical (unpaired) electrons. The first kappa shape index (κ1) is 17.3. The first-order valence-electron chi connectivity index (χ1n) is 7.40. The van der Waals surface area contributed by atoms with Gasteiger partial charge < -0.3 is 4.74 Å². The Kier molecular flexibility index (Phi) is 4.67. The maximum absolute atomic E-state index is 12.1.